The second kappa shape index (κ2) is 9.04. The number of fused-ring (bicyclic) bond motifs is 1. The van der Waals surface area contributed by atoms with E-state index in [0.717, 1.165) is 52.0 Å². The zero-order chi connectivity index (χ0) is 25.8. The highest BCUT2D eigenvalue weighted by atomic mass is 32.2. The second-order valence-corrected chi connectivity index (χ2v) is 12.3. The van der Waals surface area contributed by atoms with E-state index in [-0.39, 0.29) is 6.54 Å². The smallest absolute Gasteiger partial charge is 0.339 e. The minimum atomic E-state index is -3.66. The molecule has 0 saturated heterocycles. The molecule has 0 aromatic heterocycles. The van der Waals surface area contributed by atoms with Crippen molar-refractivity contribution in [1.29, 1.82) is 0 Å². The first kappa shape index (κ1) is 25.0. The molecule has 1 atom stereocenters. The number of rotatable bonds is 4. The monoisotopic (exact) mass is 514 g/mol. The maximum Gasteiger partial charge on any atom is 0.339 e. The zero-order valence-corrected chi connectivity index (χ0v) is 22.4. The van der Waals surface area contributed by atoms with E-state index in [0.29, 0.717) is 37.2 Å². The van der Waals surface area contributed by atoms with E-state index in [1.165, 1.54) is 11.4 Å². The highest BCUT2D eigenvalue weighted by Crippen LogP contribution is 2.48. The molecule has 2 aromatic carbocycles. The Morgan fingerprint density at radius 2 is 1.94 bits per heavy atom. The molecule has 0 amide bonds. The lowest BCUT2D eigenvalue weighted by Gasteiger charge is -2.40. The van der Waals surface area contributed by atoms with Gasteiger partial charge in [0.2, 0.25) is 0 Å². The minimum Gasteiger partial charge on any atom is -0.493 e. The highest BCUT2D eigenvalue weighted by Gasteiger charge is 2.41. The van der Waals surface area contributed by atoms with Crippen molar-refractivity contribution in [3.05, 3.63) is 46.0 Å². The number of anilines is 1. The summed E-state index contributed by atoms with van der Waals surface area (Å²) in [5.74, 6) is 0.384. The summed E-state index contributed by atoms with van der Waals surface area (Å²) in [4.78, 5) is 13.3. The fourth-order valence-electron chi connectivity index (χ4n) is 5.62. The molecule has 0 aliphatic carbocycles. The number of aryl methyl sites for hydroxylation is 1. The fraction of sp³-hybridized carbons (Fsp3) is 0.519. The molecule has 8 nitrogen and oxygen atoms in total. The van der Waals surface area contributed by atoms with Gasteiger partial charge in [0.25, 0.3) is 0 Å². The van der Waals surface area contributed by atoms with Crippen molar-refractivity contribution in [2.45, 2.75) is 71.6 Å². The van der Waals surface area contributed by atoms with Crippen LogP contribution in [-0.2, 0) is 43.9 Å². The Morgan fingerprint density at radius 1 is 1.17 bits per heavy atom. The maximum atomic E-state index is 13.3. The number of hydrogen-bond acceptors (Lipinski definition) is 6. The summed E-state index contributed by atoms with van der Waals surface area (Å²) in [5, 5.41) is 0. The molecule has 9 heteroatoms. The average molecular weight is 515 g/mol. The van der Waals surface area contributed by atoms with E-state index >= 15 is 0 Å². The van der Waals surface area contributed by atoms with Crippen LogP contribution in [0.2, 0.25) is 0 Å². The predicted octanol–water partition coefficient (Wildman–Crippen LogP) is 4.12. The normalized spacial score (nSPS) is 19.1. The number of nitrogens with zero attached hydrogens (tertiary/aromatic N) is 1. The minimum absolute atomic E-state index is 0.206. The molecule has 0 radical (unpaired) electrons. The number of benzene rings is 2. The Balaban J connectivity index is 1.84. The third kappa shape index (κ3) is 4.27. The number of hydrogen-bond donors (Lipinski definition) is 1. The molecule has 0 spiro atoms. The van der Waals surface area contributed by atoms with Crippen molar-refractivity contribution in [2.24, 2.45) is 0 Å². The molecule has 0 fully saturated rings. The lowest BCUT2D eigenvalue weighted by molar-refractivity contribution is -0.164. The van der Waals surface area contributed by atoms with Crippen LogP contribution in [0.4, 0.5) is 5.69 Å². The van der Waals surface area contributed by atoms with E-state index in [1.54, 1.807) is 0 Å². The number of esters is 1. The van der Waals surface area contributed by atoms with Crippen molar-refractivity contribution in [3.63, 3.8) is 0 Å². The van der Waals surface area contributed by atoms with Crippen molar-refractivity contribution >= 4 is 21.9 Å². The molecule has 1 unspecified atom stereocenters. The second-order valence-electron chi connectivity index (χ2n) is 10.6. The molecule has 3 aliphatic heterocycles. The van der Waals surface area contributed by atoms with E-state index in [9.17, 15) is 13.2 Å². The van der Waals surface area contributed by atoms with Crippen LogP contribution in [0.3, 0.4) is 0 Å². The van der Waals surface area contributed by atoms with Gasteiger partial charge in [-0.3, -0.25) is 4.31 Å². The lowest BCUT2D eigenvalue weighted by atomic mass is 9.81. The molecule has 3 aliphatic rings. The van der Waals surface area contributed by atoms with Gasteiger partial charge in [-0.25, -0.2) is 4.79 Å². The van der Waals surface area contributed by atoms with Crippen LogP contribution in [0.25, 0.3) is 11.1 Å². The molecular weight excluding hydrogens is 480 g/mol. The van der Waals surface area contributed by atoms with E-state index in [1.807, 2.05) is 39.8 Å². The summed E-state index contributed by atoms with van der Waals surface area (Å²) in [7, 11) is -2.30. The van der Waals surface area contributed by atoms with Gasteiger partial charge in [-0.2, -0.15) is 13.1 Å². The van der Waals surface area contributed by atoms with Gasteiger partial charge in [0.05, 0.1) is 25.0 Å². The lowest BCUT2D eigenvalue weighted by Crippen LogP contribution is -2.48. The SMILES string of the molecule is COC(=O)C(OC(C)(C)C)c1c2c3c(c(C)c1-c1ccc4c(c1)CCCO4)CNS(=O)(=O)N3CCC2. The highest BCUT2D eigenvalue weighted by molar-refractivity contribution is 7.91. The molecule has 5 rings (SSSR count). The van der Waals surface area contributed by atoms with Gasteiger partial charge in [0.1, 0.15) is 5.75 Å². The first-order chi connectivity index (χ1) is 17.0. The van der Waals surface area contributed by atoms with Crippen LogP contribution in [0.1, 0.15) is 67.5 Å². The van der Waals surface area contributed by atoms with Gasteiger partial charge in [-0.1, -0.05) is 6.07 Å². The van der Waals surface area contributed by atoms with Gasteiger partial charge in [0.15, 0.2) is 6.10 Å². The first-order valence-electron chi connectivity index (χ1n) is 12.5. The Hall–Kier alpha value is -2.62. The van der Waals surface area contributed by atoms with Gasteiger partial charge in [0, 0.05) is 18.7 Å². The summed E-state index contributed by atoms with van der Waals surface area (Å²) in [5.41, 5.74) is 6.45. The Bertz CT molecular complexity index is 1330. The summed E-state index contributed by atoms with van der Waals surface area (Å²) < 4.78 is 47.6. The third-order valence-electron chi connectivity index (χ3n) is 7.10. The average Bonchev–Trinajstić information content (AvgIpc) is 2.84. The Labute approximate surface area is 213 Å². The van der Waals surface area contributed by atoms with Crippen molar-refractivity contribution in [1.82, 2.24) is 4.72 Å². The van der Waals surface area contributed by atoms with Crippen LogP contribution in [0.15, 0.2) is 18.2 Å². The topological polar surface area (TPSA) is 94.2 Å². The molecule has 3 heterocycles. The van der Waals surface area contributed by atoms with E-state index in [4.69, 9.17) is 14.2 Å². The molecule has 0 saturated carbocycles. The standard InChI is InChI=1S/C27H34N2O6S/c1-16-20-15-28-36(31,32)29-12-6-9-19(24(20)29)23(25(26(30)33-5)35-27(2,3)4)22(16)18-10-11-21-17(14-18)8-7-13-34-21/h10-11,14,25,28H,6-9,12-13,15H2,1-5H3. The number of ether oxygens (including phenoxy) is 3. The van der Waals surface area contributed by atoms with Crippen molar-refractivity contribution in [2.75, 3.05) is 24.6 Å². The number of carbonyl (C=O) groups excluding carboxylic acids is 1. The van der Waals surface area contributed by atoms with Gasteiger partial charge in [-0.15, -0.1) is 0 Å². The van der Waals surface area contributed by atoms with Crippen LogP contribution in [0, 0.1) is 6.92 Å². The summed E-state index contributed by atoms with van der Waals surface area (Å²) in [6.07, 6.45) is 2.15. The van der Waals surface area contributed by atoms with Crippen LogP contribution < -0.4 is 13.8 Å². The quantitative estimate of drug-likeness (QED) is 0.617. The van der Waals surface area contributed by atoms with Crippen LogP contribution in [-0.4, -0.2) is 40.2 Å². The maximum absolute atomic E-state index is 13.3. The molecular formula is C27H34N2O6S. The number of nitrogens with one attached hydrogen (secondary N) is 1. The summed E-state index contributed by atoms with van der Waals surface area (Å²) in [6.45, 7) is 9.01. The van der Waals surface area contributed by atoms with E-state index in [2.05, 4.69) is 10.8 Å². The van der Waals surface area contributed by atoms with Gasteiger partial charge >= 0.3 is 16.2 Å². The molecule has 194 valence electrons. The first-order valence-corrected chi connectivity index (χ1v) is 13.9. The zero-order valence-electron chi connectivity index (χ0n) is 21.6. The van der Waals surface area contributed by atoms with E-state index < -0.39 is 27.9 Å². The van der Waals surface area contributed by atoms with Crippen LogP contribution >= 0.6 is 0 Å². The number of methoxy groups -OCH3 is 1. The fourth-order valence-corrected chi connectivity index (χ4v) is 6.93. The predicted molar refractivity (Wildman–Crippen MR) is 137 cm³/mol. The van der Waals surface area contributed by atoms with Crippen LogP contribution in [0.5, 0.6) is 5.75 Å². The molecule has 1 N–H and O–H groups in total. The van der Waals surface area contributed by atoms with Gasteiger partial charge < -0.3 is 14.2 Å². The summed E-state index contributed by atoms with van der Waals surface area (Å²) >= 11 is 0. The largest absolute Gasteiger partial charge is 0.493 e. The molecule has 2 aromatic rings. The van der Waals surface area contributed by atoms with Gasteiger partial charge in [-0.05, 0) is 98.9 Å². The third-order valence-corrected chi connectivity index (χ3v) is 8.55. The molecule has 36 heavy (non-hydrogen) atoms. The Morgan fingerprint density at radius 3 is 2.67 bits per heavy atom. The Kier molecular flexibility index (Phi) is 6.29. The van der Waals surface area contributed by atoms with Crippen molar-refractivity contribution < 1.29 is 27.4 Å². The summed E-state index contributed by atoms with van der Waals surface area (Å²) in [6, 6.07) is 6.15. The molecule has 0 bridgehead atoms. The van der Waals surface area contributed by atoms with Crippen molar-refractivity contribution in [3.8, 4) is 16.9 Å². The number of carbonyl (C=O) groups is 1.